The van der Waals surface area contributed by atoms with Crippen LogP contribution in [0.3, 0.4) is 0 Å². The predicted octanol–water partition coefficient (Wildman–Crippen LogP) is 3.22. The smallest absolute Gasteiger partial charge is 0.320 e. The number of rotatable bonds is 15. The van der Waals surface area contributed by atoms with Gasteiger partial charge < -0.3 is 30.3 Å². The van der Waals surface area contributed by atoms with E-state index in [-0.39, 0.29) is 37.0 Å². The Morgan fingerprint density at radius 2 is 1.87 bits per heavy atom. The molecule has 0 saturated carbocycles. The molecule has 2 aliphatic rings. The Labute approximate surface area is 225 Å². The fraction of sp³-hybridized carbons (Fsp3) is 0.714. The standard InChI is InChI=1S/C28H44F2N4O4/c1-4-7-9-10-33-18-25(34(6-3)28(33)37)27(36)32-24(14-19-12-20(29)15-21(30)13-19)26(35)23-16-22(17-31-23)38-11-8-5-2/h12-13,15,22-26,31,35H,4-11,14,16-18H2,1-3H3,(H,32,36)/t22-,23-,24+,25+,26-/m1/s1. The van der Waals surface area contributed by atoms with Crippen LogP contribution < -0.4 is 10.6 Å². The molecule has 5 atom stereocenters. The molecule has 214 valence electrons. The molecule has 0 unspecified atom stereocenters. The minimum absolute atomic E-state index is 0.0358. The Bertz CT molecular complexity index is 901. The predicted molar refractivity (Wildman–Crippen MR) is 142 cm³/mol. The van der Waals surface area contributed by atoms with Gasteiger partial charge in [0.1, 0.15) is 17.7 Å². The molecule has 2 heterocycles. The zero-order chi connectivity index (χ0) is 27.7. The van der Waals surface area contributed by atoms with Gasteiger partial charge in [-0.2, -0.15) is 0 Å². The molecule has 38 heavy (non-hydrogen) atoms. The van der Waals surface area contributed by atoms with Gasteiger partial charge in [-0.15, -0.1) is 0 Å². The number of nitrogens with zero attached hydrogens (tertiary/aromatic N) is 2. The van der Waals surface area contributed by atoms with Crippen LogP contribution in [0.5, 0.6) is 0 Å². The molecule has 0 radical (unpaired) electrons. The Morgan fingerprint density at radius 1 is 1.16 bits per heavy atom. The largest absolute Gasteiger partial charge is 0.389 e. The van der Waals surface area contributed by atoms with Gasteiger partial charge in [0, 0.05) is 38.3 Å². The number of hydrogen-bond acceptors (Lipinski definition) is 5. The number of amides is 3. The summed E-state index contributed by atoms with van der Waals surface area (Å²) in [5, 5.41) is 17.6. The first kappa shape index (κ1) is 30.2. The van der Waals surface area contributed by atoms with Gasteiger partial charge in [0.05, 0.1) is 24.8 Å². The third kappa shape index (κ3) is 8.10. The van der Waals surface area contributed by atoms with Crippen molar-refractivity contribution in [2.45, 2.75) is 96.1 Å². The molecule has 3 N–H and O–H groups in total. The highest BCUT2D eigenvalue weighted by Crippen LogP contribution is 2.21. The monoisotopic (exact) mass is 538 g/mol. The van der Waals surface area contributed by atoms with Crippen LogP contribution in [-0.2, 0) is 16.0 Å². The van der Waals surface area contributed by atoms with Crippen molar-refractivity contribution < 1.29 is 28.2 Å². The van der Waals surface area contributed by atoms with E-state index in [9.17, 15) is 23.5 Å². The SMILES string of the molecule is CCCCCN1C[C@@H](C(=O)N[C@@H](Cc2cc(F)cc(F)c2)[C@H](O)[C@H]2C[C@@H](OCCCC)CN2)N(CC)C1=O. The highest BCUT2D eigenvalue weighted by molar-refractivity contribution is 5.90. The fourth-order valence-corrected chi connectivity index (χ4v) is 5.33. The van der Waals surface area contributed by atoms with Gasteiger partial charge in [0.15, 0.2) is 0 Å². The Kier molecular flexibility index (Phi) is 11.7. The molecule has 0 bridgehead atoms. The lowest BCUT2D eigenvalue weighted by Gasteiger charge is -2.31. The van der Waals surface area contributed by atoms with Crippen LogP contribution in [0.2, 0.25) is 0 Å². The summed E-state index contributed by atoms with van der Waals surface area (Å²) in [5.41, 5.74) is 0.330. The molecule has 8 nitrogen and oxygen atoms in total. The van der Waals surface area contributed by atoms with E-state index in [1.165, 1.54) is 17.0 Å². The van der Waals surface area contributed by atoms with Gasteiger partial charge in [-0.25, -0.2) is 13.6 Å². The number of hydrogen-bond donors (Lipinski definition) is 3. The first-order valence-electron chi connectivity index (χ1n) is 14.1. The van der Waals surface area contributed by atoms with Crippen LogP contribution in [0.4, 0.5) is 13.6 Å². The van der Waals surface area contributed by atoms with Crippen molar-refractivity contribution in [3.05, 3.63) is 35.4 Å². The summed E-state index contributed by atoms with van der Waals surface area (Å²) in [6.45, 7) is 8.48. The summed E-state index contributed by atoms with van der Waals surface area (Å²) in [5.74, 6) is -1.82. The van der Waals surface area contributed by atoms with Crippen LogP contribution in [0, 0.1) is 11.6 Å². The number of nitrogens with one attached hydrogen (secondary N) is 2. The van der Waals surface area contributed by atoms with Gasteiger partial charge in [0.2, 0.25) is 5.91 Å². The lowest BCUT2D eigenvalue weighted by Crippen LogP contribution is -2.56. The van der Waals surface area contributed by atoms with Crippen molar-refractivity contribution >= 4 is 11.9 Å². The number of unbranched alkanes of at least 4 members (excludes halogenated alkanes) is 3. The van der Waals surface area contributed by atoms with Crippen molar-refractivity contribution in [1.82, 2.24) is 20.4 Å². The van der Waals surface area contributed by atoms with Crippen LogP contribution in [0.25, 0.3) is 0 Å². The first-order chi connectivity index (χ1) is 18.3. The van der Waals surface area contributed by atoms with E-state index in [4.69, 9.17) is 4.74 Å². The summed E-state index contributed by atoms with van der Waals surface area (Å²) in [7, 11) is 0. The van der Waals surface area contributed by atoms with E-state index in [1.807, 2.05) is 6.92 Å². The number of carbonyl (C=O) groups is 2. The first-order valence-corrected chi connectivity index (χ1v) is 14.1. The number of benzene rings is 1. The van der Waals surface area contributed by atoms with Crippen molar-refractivity contribution in [3.63, 3.8) is 0 Å². The van der Waals surface area contributed by atoms with Gasteiger partial charge in [0.25, 0.3) is 0 Å². The van der Waals surface area contributed by atoms with E-state index in [0.29, 0.717) is 38.2 Å². The maximum atomic E-state index is 13.9. The van der Waals surface area contributed by atoms with Crippen LogP contribution in [0.15, 0.2) is 18.2 Å². The maximum Gasteiger partial charge on any atom is 0.320 e. The topological polar surface area (TPSA) is 94.1 Å². The molecular formula is C28H44F2N4O4. The molecule has 3 rings (SSSR count). The molecule has 0 aliphatic carbocycles. The Balaban J connectivity index is 1.73. The Morgan fingerprint density at radius 3 is 2.53 bits per heavy atom. The highest BCUT2D eigenvalue weighted by Gasteiger charge is 2.42. The van der Waals surface area contributed by atoms with E-state index in [1.54, 1.807) is 4.90 Å². The maximum absolute atomic E-state index is 13.9. The van der Waals surface area contributed by atoms with Gasteiger partial charge in [-0.3, -0.25) is 4.79 Å². The molecule has 2 aliphatic heterocycles. The van der Waals surface area contributed by atoms with E-state index >= 15 is 0 Å². The summed E-state index contributed by atoms with van der Waals surface area (Å²) in [6.07, 6.45) is 4.40. The van der Waals surface area contributed by atoms with Gasteiger partial charge in [-0.1, -0.05) is 33.1 Å². The number of likely N-dealkylation sites (N-methyl/N-ethyl adjacent to an activating group) is 1. The number of carbonyl (C=O) groups excluding carboxylic acids is 2. The second-order valence-electron chi connectivity index (χ2n) is 10.4. The molecular weight excluding hydrogens is 494 g/mol. The number of urea groups is 1. The van der Waals surface area contributed by atoms with E-state index < -0.39 is 29.8 Å². The van der Waals surface area contributed by atoms with Crippen LogP contribution in [0.1, 0.15) is 64.9 Å². The van der Waals surface area contributed by atoms with Gasteiger partial charge in [-0.05, 0) is 50.3 Å². The second-order valence-corrected chi connectivity index (χ2v) is 10.4. The second kappa shape index (κ2) is 14.7. The molecule has 10 heteroatoms. The molecule has 3 amide bonds. The number of aliphatic hydroxyl groups excluding tert-OH is 1. The van der Waals surface area contributed by atoms with Crippen molar-refractivity contribution in [2.24, 2.45) is 0 Å². The summed E-state index contributed by atoms with van der Waals surface area (Å²) >= 11 is 0. The number of halogens is 2. The minimum atomic E-state index is -1.03. The fourth-order valence-electron chi connectivity index (χ4n) is 5.33. The van der Waals surface area contributed by atoms with Crippen LogP contribution >= 0.6 is 0 Å². The van der Waals surface area contributed by atoms with Crippen LogP contribution in [-0.4, -0.2) is 90.0 Å². The number of aliphatic hydroxyl groups is 1. The molecule has 0 spiro atoms. The average Bonchev–Trinajstić information content (AvgIpc) is 3.47. The van der Waals surface area contributed by atoms with E-state index in [2.05, 4.69) is 24.5 Å². The lowest BCUT2D eigenvalue weighted by atomic mass is 9.94. The average molecular weight is 539 g/mol. The Hall–Kier alpha value is -2.30. The molecule has 0 aromatic heterocycles. The zero-order valence-electron chi connectivity index (χ0n) is 22.9. The van der Waals surface area contributed by atoms with Crippen molar-refractivity contribution in [3.8, 4) is 0 Å². The van der Waals surface area contributed by atoms with Crippen molar-refractivity contribution in [1.29, 1.82) is 0 Å². The third-order valence-corrected chi connectivity index (χ3v) is 7.47. The summed E-state index contributed by atoms with van der Waals surface area (Å²) in [6, 6.07) is 1.16. The summed E-state index contributed by atoms with van der Waals surface area (Å²) in [4.78, 5) is 29.6. The molecule has 1 aromatic carbocycles. The quantitative estimate of drug-likeness (QED) is 0.298. The lowest BCUT2D eigenvalue weighted by molar-refractivity contribution is -0.126. The van der Waals surface area contributed by atoms with E-state index in [0.717, 1.165) is 38.2 Å². The number of ether oxygens (including phenoxy) is 1. The summed E-state index contributed by atoms with van der Waals surface area (Å²) < 4.78 is 33.8. The molecule has 1 aromatic rings. The van der Waals surface area contributed by atoms with Gasteiger partial charge >= 0.3 is 6.03 Å². The highest BCUT2D eigenvalue weighted by atomic mass is 19.1. The molecule has 2 saturated heterocycles. The molecule has 2 fully saturated rings. The minimum Gasteiger partial charge on any atom is -0.389 e. The zero-order valence-corrected chi connectivity index (χ0v) is 22.9. The van der Waals surface area contributed by atoms with Crippen molar-refractivity contribution in [2.75, 3.05) is 32.8 Å². The normalized spacial score (nSPS) is 23.2. The third-order valence-electron chi connectivity index (χ3n) is 7.47.